The molecule has 0 bridgehead atoms. The molecular weight excluding hydrogens is 416 g/mol. The molecule has 1 aliphatic carbocycles. The number of amides is 1. The van der Waals surface area contributed by atoms with Gasteiger partial charge in [0.2, 0.25) is 5.91 Å². The number of piperazine rings is 1. The van der Waals surface area contributed by atoms with E-state index in [1.165, 1.54) is 28.1 Å². The Labute approximate surface area is 195 Å². The number of carbonyl (C=O) groups is 1. The highest BCUT2D eigenvalue weighted by Gasteiger charge is 2.30. The third-order valence-corrected chi connectivity index (χ3v) is 7.79. The SMILES string of the molecule is N#CCNC(=O)C1CCCCC1CSc1ccc(-c2ccc(N3CCNCC3)cc2)cc1. The third-order valence-electron chi connectivity index (χ3n) is 6.59. The van der Waals surface area contributed by atoms with E-state index in [4.69, 9.17) is 5.26 Å². The number of anilines is 1. The summed E-state index contributed by atoms with van der Waals surface area (Å²) in [6.07, 6.45) is 4.32. The summed E-state index contributed by atoms with van der Waals surface area (Å²) in [6, 6.07) is 19.7. The molecule has 5 nitrogen and oxygen atoms in total. The maximum Gasteiger partial charge on any atom is 0.224 e. The van der Waals surface area contributed by atoms with Gasteiger partial charge in [0, 0.05) is 48.4 Å². The molecule has 168 valence electrons. The number of thioether (sulfide) groups is 1. The zero-order valence-electron chi connectivity index (χ0n) is 18.6. The van der Waals surface area contributed by atoms with Crippen molar-refractivity contribution in [2.24, 2.45) is 11.8 Å². The van der Waals surface area contributed by atoms with Crippen molar-refractivity contribution in [3.63, 3.8) is 0 Å². The maximum atomic E-state index is 12.4. The zero-order chi connectivity index (χ0) is 22.2. The van der Waals surface area contributed by atoms with Crippen LogP contribution in [0.25, 0.3) is 11.1 Å². The van der Waals surface area contributed by atoms with Gasteiger partial charge in [-0.05, 0) is 54.2 Å². The lowest BCUT2D eigenvalue weighted by atomic mass is 9.80. The minimum absolute atomic E-state index is 0.0399. The van der Waals surface area contributed by atoms with Crippen molar-refractivity contribution >= 4 is 23.4 Å². The van der Waals surface area contributed by atoms with Crippen LogP contribution in [0.15, 0.2) is 53.4 Å². The Morgan fingerprint density at radius 3 is 2.38 bits per heavy atom. The lowest BCUT2D eigenvalue weighted by Gasteiger charge is -2.30. The molecule has 0 radical (unpaired) electrons. The summed E-state index contributed by atoms with van der Waals surface area (Å²) in [7, 11) is 0. The molecule has 6 heteroatoms. The summed E-state index contributed by atoms with van der Waals surface area (Å²) >= 11 is 1.84. The van der Waals surface area contributed by atoms with Crippen LogP contribution in [0.1, 0.15) is 25.7 Å². The number of benzene rings is 2. The highest BCUT2D eigenvalue weighted by atomic mass is 32.2. The molecule has 1 aliphatic heterocycles. The summed E-state index contributed by atoms with van der Waals surface area (Å²) in [5.74, 6) is 1.42. The molecule has 1 heterocycles. The fourth-order valence-electron chi connectivity index (χ4n) is 4.74. The molecule has 32 heavy (non-hydrogen) atoms. The third kappa shape index (κ3) is 5.85. The second kappa shape index (κ2) is 11.4. The minimum atomic E-state index is 0.0399. The van der Waals surface area contributed by atoms with Gasteiger partial charge < -0.3 is 15.5 Å². The quantitative estimate of drug-likeness (QED) is 0.488. The maximum absolute atomic E-state index is 12.4. The van der Waals surface area contributed by atoms with Crippen LogP contribution in [0.3, 0.4) is 0 Å². The van der Waals surface area contributed by atoms with Crippen molar-refractivity contribution in [3.8, 4) is 17.2 Å². The average molecular weight is 449 g/mol. The topological polar surface area (TPSA) is 68.2 Å². The number of hydrogen-bond donors (Lipinski definition) is 2. The highest BCUT2D eigenvalue weighted by molar-refractivity contribution is 7.99. The first-order valence-corrected chi connectivity index (χ1v) is 12.7. The van der Waals surface area contributed by atoms with Crippen molar-refractivity contribution in [1.82, 2.24) is 10.6 Å². The number of nitrogens with one attached hydrogen (secondary N) is 2. The molecule has 2 aliphatic rings. The van der Waals surface area contributed by atoms with Gasteiger partial charge in [-0.15, -0.1) is 11.8 Å². The van der Waals surface area contributed by atoms with Crippen LogP contribution in [0.4, 0.5) is 5.69 Å². The zero-order valence-corrected chi connectivity index (χ0v) is 19.4. The van der Waals surface area contributed by atoms with Crippen molar-refractivity contribution in [3.05, 3.63) is 48.5 Å². The molecule has 1 saturated heterocycles. The van der Waals surface area contributed by atoms with Crippen LogP contribution >= 0.6 is 11.8 Å². The Morgan fingerprint density at radius 1 is 1.03 bits per heavy atom. The standard InChI is InChI=1S/C26H32N4OS/c27-13-14-29-26(31)25-4-2-1-3-22(25)19-32-24-11-7-21(8-12-24)20-5-9-23(10-6-20)30-17-15-28-16-18-30/h5-12,22,25,28H,1-4,14-19H2,(H,29,31). The predicted molar refractivity (Wildman–Crippen MR) is 132 cm³/mol. The lowest BCUT2D eigenvalue weighted by Crippen LogP contribution is -2.43. The average Bonchev–Trinajstić information content (AvgIpc) is 2.87. The van der Waals surface area contributed by atoms with E-state index in [0.29, 0.717) is 5.92 Å². The van der Waals surface area contributed by atoms with E-state index >= 15 is 0 Å². The minimum Gasteiger partial charge on any atom is -0.369 e. The van der Waals surface area contributed by atoms with E-state index in [9.17, 15) is 4.79 Å². The van der Waals surface area contributed by atoms with E-state index in [0.717, 1.165) is 51.2 Å². The van der Waals surface area contributed by atoms with Crippen molar-refractivity contribution in [2.75, 3.05) is 43.4 Å². The van der Waals surface area contributed by atoms with E-state index in [-0.39, 0.29) is 18.4 Å². The summed E-state index contributed by atoms with van der Waals surface area (Å²) in [5.41, 5.74) is 3.76. The number of nitrogens with zero attached hydrogens (tertiary/aromatic N) is 2. The molecule has 2 fully saturated rings. The molecule has 4 rings (SSSR count). The van der Waals surface area contributed by atoms with E-state index in [1.54, 1.807) is 0 Å². The molecule has 1 saturated carbocycles. The number of hydrogen-bond acceptors (Lipinski definition) is 5. The van der Waals surface area contributed by atoms with Gasteiger partial charge >= 0.3 is 0 Å². The van der Waals surface area contributed by atoms with Gasteiger partial charge in [0.15, 0.2) is 0 Å². The molecule has 2 aromatic carbocycles. The first-order valence-electron chi connectivity index (χ1n) is 11.7. The van der Waals surface area contributed by atoms with E-state index in [2.05, 4.69) is 64.1 Å². The first kappa shape index (κ1) is 22.7. The van der Waals surface area contributed by atoms with Gasteiger partial charge in [0.1, 0.15) is 6.54 Å². The van der Waals surface area contributed by atoms with Crippen molar-refractivity contribution < 1.29 is 4.79 Å². The molecule has 2 atom stereocenters. The van der Waals surface area contributed by atoms with Crippen LogP contribution in [-0.4, -0.2) is 44.4 Å². The number of nitriles is 1. The molecule has 1 amide bonds. The van der Waals surface area contributed by atoms with Crippen molar-refractivity contribution in [2.45, 2.75) is 30.6 Å². The molecular formula is C26H32N4OS. The Hall–Kier alpha value is -2.49. The lowest BCUT2D eigenvalue weighted by molar-refractivity contribution is -0.127. The Morgan fingerprint density at radius 2 is 1.69 bits per heavy atom. The molecule has 0 spiro atoms. The molecule has 2 unspecified atom stereocenters. The van der Waals surface area contributed by atoms with Crippen LogP contribution in [0.5, 0.6) is 0 Å². The summed E-state index contributed by atoms with van der Waals surface area (Å²) < 4.78 is 0. The largest absolute Gasteiger partial charge is 0.369 e. The number of carbonyl (C=O) groups excluding carboxylic acids is 1. The van der Waals surface area contributed by atoms with Gasteiger partial charge in [0.25, 0.3) is 0 Å². The fraction of sp³-hybridized carbons (Fsp3) is 0.462. The van der Waals surface area contributed by atoms with Crippen LogP contribution < -0.4 is 15.5 Å². The van der Waals surface area contributed by atoms with Gasteiger partial charge in [-0.1, -0.05) is 37.1 Å². The summed E-state index contributed by atoms with van der Waals surface area (Å²) in [6.45, 7) is 4.33. The van der Waals surface area contributed by atoms with Gasteiger partial charge in [-0.2, -0.15) is 5.26 Å². The Balaban J connectivity index is 1.33. The monoisotopic (exact) mass is 448 g/mol. The Kier molecular flexibility index (Phi) is 8.08. The Bertz CT molecular complexity index is 916. The van der Waals surface area contributed by atoms with Crippen LogP contribution in [0, 0.1) is 23.2 Å². The van der Waals surface area contributed by atoms with Crippen molar-refractivity contribution in [1.29, 1.82) is 5.26 Å². The van der Waals surface area contributed by atoms with Gasteiger partial charge in [-0.25, -0.2) is 0 Å². The molecule has 2 N–H and O–H groups in total. The van der Waals surface area contributed by atoms with Gasteiger partial charge in [-0.3, -0.25) is 4.79 Å². The van der Waals surface area contributed by atoms with Gasteiger partial charge in [0.05, 0.1) is 6.07 Å². The highest BCUT2D eigenvalue weighted by Crippen LogP contribution is 2.35. The second-order valence-electron chi connectivity index (χ2n) is 8.65. The molecule has 0 aromatic heterocycles. The first-order chi connectivity index (χ1) is 15.7. The summed E-state index contributed by atoms with van der Waals surface area (Å²) in [4.78, 5) is 16.1. The second-order valence-corrected chi connectivity index (χ2v) is 9.74. The van der Waals surface area contributed by atoms with E-state index in [1.807, 2.05) is 17.8 Å². The van der Waals surface area contributed by atoms with E-state index < -0.39 is 0 Å². The fourth-order valence-corrected chi connectivity index (χ4v) is 5.88. The predicted octanol–water partition coefficient (Wildman–Crippen LogP) is 4.30. The normalized spacial score (nSPS) is 21.0. The smallest absolute Gasteiger partial charge is 0.224 e. The van der Waals surface area contributed by atoms with Crippen LogP contribution in [-0.2, 0) is 4.79 Å². The summed E-state index contributed by atoms with van der Waals surface area (Å²) in [5, 5.41) is 14.9. The number of rotatable bonds is 7. The van der Waals surface area contributed by atoms with Crippen LogP contribution in [0.2, 0.25) is 0 Å². The molecule has 2 aromatic rings.